The van der Waals surface area contributed by atoms with Gasteiger partial charge in [0, 0.05) is 36.1 Å². The molecule has 0 bridgehead atoms. The smallest absolute Gasteiger partial charge is 0.123 e. The number of piperidine rings is 1. The largest absolute Gasteiger partial charge is 0.507 e. The van der Waals surface area contributed by atoms with Crippen LogP contribution in [0.25, 0.3) is 11.1 Å². The molecule has 27 heavy (non-hydrogen) atoms. The standard InChI is InChI=1S/C22H27FN2O2/c1-21(2,3)22(7-9-24)8-10-25(14-20(22)23)13-16-4-5-18(19(26)12-16)17-6-11-27-15-17/h4-6,11-12,15,20,26H,7-8,10,13-14H2,1-3H3. The Balaban J connectivity index is 1.72. The summed E-state index contributed by atoms with van der Waals surface area (Å²) in [5, 5.41) is 19.6. The summed E-state index contributed by atoms with van der Waals surface area (Å²) in [7, 11) is 0. The lowest BCUT2D eigenvalue weighted by molar-refractivity contribution is -0.0660. The van der Waals surface area contributed by atoms with E-state index < -0.39 is 11.6 Å². The maximum Gasteiger partial charge on any atom is 0.123 e. The molecule has 1 aromatic carbocycles. The van der Waals surface area contributed by atoms with Crippen LogP contribution in [0.1, 0.15) is 39.2 Å². The van der Waals surface area contributed by atoms with E-state index in [4.69, 9.17) is 4.42 Å². The first kappa shape index (κ1) is 19.4. The lowest BCUT2D eigenvalue weighted by Crippen LogP contribution is -2.54. The van der Waals surface area contributed by atoms with Crippen molar-refractivity contribution in [3.63, 3.8) is 0 Å². The van der Waals surface area contributed by atoms with Crippen LogP contribution in [0, 0.1) is 22.2 Å². The third-order valence-electron chi connectivity index (χ3n) is 6.08. The minimum atomic E-state index is -1.05. The molecule has 1 aliphatic rings. The van der Waals surface area contributed by atoms with E-state index in [1.165, 1.54) is 0 Å². The number of aromatic hydroxyl groups is 1. The van der Waals surface area contributed by atoms with Crippen molar-refractivity contribution < 1.29 is 13.9 Å². The fourth-order valence-electron chi connectivity index (χ4n) is 4.20. The maximum absolute atomic E-state index is 15.2. The molecule has 2 atom stereocenters. The Bertz CT molecular complexity index is 820. The molecule has 0 amide bonds. The number of nitriles is 1. The van der Waals surface area contributed by atoms with Gasteiger partial charge in [-0.05, 0) is 36.1 Å². The summed E-state index contributed by atoms with van der Waals surface area (Å²) in [6.07, 6.45) is 3.01. The van der Waals surface area contributed by atoms with Crippen molar-refractivity contribution in [3.05, 3.63) is 42.4 Å². The second kappa shape index (κ2) is 7.36. The lowest BCUT2D eigenvalue weighted by Gasteiger charge is -2.51. The van der Waals surface area contributed by atoms with Gasteiger partial charge in [-0.25, -0.2) is 4.39 Å². The molecule has 1 aliphatic heterocycles. The van der Waals surface area contributed by atoms with Crippen molar-refractivity contribution >= 4 is 0 Å². The first-order chi connectivity index (χ1) is 12.8. The van der Waals surface area contributed by atoms with E-state index in [0.717, 1.165) is 23.2 Å². The van der Waals surface area contributed by atoms with Gasteiger partial charge in [0.2, 0.25) is 0 Å². The molecule has 0 radical (unpaired) electrons. The number of nitrogens with zero attached hydrogens (tertiary/aromatic N) is 2. The number of phenols is 1. The van der Waals surface area contributed by atoms with Crippen LogP contribution in [-0.2, 0) is 6.54 Å². The molecule has 1 N–H and O–H groups in total. The van der Waals surface area contributed by atoms with Crippen LogP contribution in [-0.4, -0.2) is 29.3 Å². The van der Waals surface area contributed by atoms with E-state index in [2.05, 4.69) is 11.0 Å². The molecule has 2 aromatic rings. The molecule has 0 aliphatic carbocycles. The van der Waals surface area contributed by atoms with Crippen molar-refractivity contribution in [1.82, 2.24) is 4.90 Å². The van der Waals surface area contributed by atoms with Crippen molar-refractivity contribution in [1.29, 1.82) is 5.26 Å². The summed E-state index contributed by atoms with van der Waals surface area (Å²) in [5.74, 6) is 0.191. The summed E-state index contributed by atoms with van der Waals surface area (Å²) in [5.41, 5.74) is 1.61. The fraction of sp³-hybridized carbons (Fsp3) is 0.500. The van der Waals surface area contributed by atoms with Gasteiger partial charge in [-0.3, -0.25) is 4.90 Å². The lowest BCUT2D eigenvalue weighted by atomic mass is 9.59. The molecule has 0 spiro atoms. The number of rotatable bonds is 4. The highest BCUT2D eigenvalue weighted by Gasteiger charge is 2.51. The van der Waals surface area contributed by atoms with Gasteiger partial charge in [0.1, 0.15) is 11.9 Å². The highest BCUT2D eigenvalue weighted by molar-refractivity contribution is 5.69. The molecule has 144 valence electrons. The third kappa shape index (κ3) is 3.72. The average molecular weight is 370 g/mol. The van der Waals surface area contributed by atoms with Crippen LogP contribution in [0.15, 0.2) is 41.2 Å². The number of hydrogen-bond donors (Lipinski definition) is 1. The Hall–Kier alpha value is -2.32. The molecule has 2 unspecified atom stereocenters. The zero-order valence-electron chi connectivity index (χ0n) is 16.2. The zero-order chi connectivity index (χ0) is 19.7. The molecule has 5 heteroatoms. The molecular formula is C22H27FN2O2. The molecule has 4 nitrogen and oxygen atoms in total. The molecular weight excluding hydrogens is 343 g/mol. The van der Waals surface area contributed by atoms with Crippen LogP contribution in [0.4, 0.5) is 4.39 Å². The van der Waals surface area contributed by atoms with Crippen LogP contribution in [0.5, 0.6) is 5.75 Å². The topological polar surface area (TPSA) is 60.4 Å². The van der Waals surface area contributed by atoms with Crippen molar-refractivity contribution in [2.75, 3.05) is 13.1 Å². The van der Waals surface area contributed by atoms with E-state index in [9.17, 15) is 10.4 Å². The minimum Gasteiger partial charge on any atom is -0.507 e. The highest BCUT2D eigenvalue weighted by atomic mass is 19.1. The molecule has 1 aromatic heterocycles. The van der Waals surface area contributed by atoms with Gasteiger partial charge in [-0.1, -0.05) is 32.9 Å². The molecule has 2 heterocycles. The van der Waals surface area contributed by atoms with Gasteiger partial charge in [-0.2, -0.15) is 5.26 Å². The van der Waals surface area contributed by atoms with Gasteiger partial charge in [0.25, 0.3) is 0 Å². The third-order valence-corrected chi connectivity index (χ3v) is 6.08. The van der Waals surface area contributed by atoms with Gasteiger partial charge >= 0.3 is 0 Å². The van der Waals surface area contributed by atoms with E-state index in [0.29, 0.717) is 19.5 Å². The van der Waals surface area contributed by atoms with E-state index in [1.54, 1.807) is 24.7 Å². The second-order valence-electron chi connectivity index (χ2n) is 8.56. The number of hydrogen-bond acceptors (Lipinski definition) is 4. The van der Waals surface area contributed by atoms with Crippen LogP contribution >= 0.6 is 0 Å². The maximum atomic E-state index is 15.2. The Kier molecular flexibility index (Phi) is 5.30. The first-order valence-electron chi connectivity index (χ1n) is 9.35. The van der Waals surface area contributed by atoms with E-state index in [1.807, 2.05) is 32.9 Å². The summed E-state index contributed by atoms with van der Waals surface area (Å²) < 4.78 is 20.3. The molecule has 0 saturated carbocycles. The Labute approximate surface area is 160 Å². The summed E-state index contributed by atoms with van der Waals surface area (Å²) in [6, 6.07) is 9.56. The molecule has 1 fully saturated rings. The number of alkyl halides is 1. The van der Waals surface area contributed by atoms with E-state index in [-0.39, 0.29) is 17.6 Å². The summed E-state index contributed by atoms with van der Waals surface area (Å²) >= 11 is 0. The zero-order valence-corrected chi connectivity index (χ0v) is 16.2. The normalized spacial score (nSPS) is 23.9. The average Bonchev–Trinajstić information content (AvgIpc) is 3.11. The molecule has 1 saturated heterocycles. The number of benzene rings is 1. The van der Waals surface area contributed by atoms with E-state index >= 15 is 4.39 Å². The van der Waals surface area contributed by atoms with Gasteiger partial charge < -0.3 is 9.52 Å². The SMILES string of the molecule is CC(C)(C)C1(CC#N)CCN(Cc2ccc(-c3ccoc3)c(O)c2)CC1F. The Morgan fingerprint density at radius 1 is 1.37 bits per heavy atom. The monoisotopic (exact) mass is 370 g/mol. The second-order valence-corrected chi connectivity index (χ2v) is 8.56. The predicted octanol–water partition coefficient (Wildman–Crippen LogP) is 5.14. The van der Waals surface area contributed by atoms with Crippen LogP contribution in [0.3, 0.4) is 0 Å². The number of phenolic OH excluding ortho intramolecular Hbond substituents is 1. The van der Waals surface area contributed by atoms with Crippen LogP contribution < -0.4 is 0 Å². The van der Waals surface area contributed by atoms with Crippen molar-refractivity contribution in [3.8, 4) is 22.9 Å². The fourth-order valence-corrected chi connectivity index (χ4v) is 4.20. The van der Waals surface area contributed by atoms with Crippen molar-refractivity contribution in [2.45, 2.75) is 46.3 Å². The highest BCUT2D eigenvalue weighted by Crippen LogP contribution is 2.50. The van der Waals surface area contributed by atoms with Gasteiger partial charge in [0.05, 0.1) is 18.6 Å². The predicted molar refractivity (Wildman–Crippen MR) is 103 cm³/mol. The first-order valence-corrected chi connectivity index (χ1v) is 9.35. The van der Waals surface area contributed by atoms with Crippen molar-refractivity contribution in [2.24, 2.45) is 10.8 Å². The summed E-state index contributed by atoms with van der Waals surface area (Å²) in [4.78, 5) is 2.07. The number of likely N-dealkylation sites (tertiary alicyclic amines) is 1. The van der Waals surface area contributed by atoms with Crippen LogP contribution in [0.2, 0.25) is 0 Å². The molecule has 3 rings (SSSR count). The Morgan fingerprint density at radius 2 is 2.15 bits per heavy atom. The van der Waals surface area contributed by atoms with Gasteiger partial charge in [0.15, 0.2) is 0 Å². The quantitative estimate of drug-likeness (QED) is 0.809. The number of halogens is 1. The van der Waals surface area contributed by atoms with Gasteiger partial charge in [-0.15, -0.1) is 0 Å². The minimum absolute atomic E-state index is 0.191. The Morgan fingerprint density at radius 3 is 2.70 bits per heavy atom. The summed E-state index contributed by atoms with van der Waals surface area (Å²) in [6.45, 7) is 7.71. The number of furan rings is 1.